The standard InChI is InChI=1S/C19H29N3O2/c1-14-13-17(21-10-4-3-5-15(21)2)8-9-18(14)20-19(24)22(11-12-23)16-6-7-16/h8-9,13,15-16,23H,3-7,10-12H2,1-2H3,(H,20,24). The van der Waals surface area contributed by atoms with Gasteiger partial charge in [0.15, 0.2) is 0 Å². The van der Waals surface area contributed by atoms with Crippen molar-refractivity contribution in [2.45, 2.75) is 58.0 Å². The van der Waals surface area contributed by atoms with Crippen molar-refractivity contribution >= 4 is 17.4 Å². The number of carbonyl (C=O) groups excluding carboxylic acids is 1. The molecule has 2 fully saturated rings. The Bertz CT molecular complexity index is 586. The van der Waals surface area contributed by atoms with E-state index in [-0.39, 0.29) is 12.6 Å². The summed E-state index contributed by atoms with van der Waals surface area (Å²) in [6.07, 6.45) is 5.89. The van der Waals surface area contributed by atoms with Crippen LogP contribution in [0.1, 0.15) is 44.6 Å². The lowest BCUT2D eigenvalue weighted by atomic mass is 10.0. The number of aliphatic hydroxyl groups is 1. The number of carbonyl (C=O) groups is 1. The average molecular weight is 331 g/mol. The van der Waals surface area contributed by atoms with Crippen LogP contribution >= 0.6 is 0 Å². The zero-order chi connectivity index (χ0) is 17.1. The predicted molar refractivity (Wildman–Crippen MR) is 97.7 cm³/mol. The Hall–Kier alpha value is -1.75. The quantitative estimate of drug-likeness (QED) is 0.870. The second-order valence-corrected chi connectivity index (χ2v) is 7.12. The van der Waals surface area contributed by atoms with Crippen LogP contribution in [0.15, 0.2) is 18.2 Å². The Kier molecular flexibility index (Phi) is 5.29. The van der Waals surface area contributed by atoms with E-state index < -0.39 is 0 Å². The Balaban J connectivity index is 1.69. The van der Waals surface area contributed by atoms with Gasteiger partial charge in [-0.2, -0.15) is 0 Å². The average Bonchev–Trinajstić information content (AvgIpc) is 3.39. The molecule has 132 valence electrons. The molecule has 3 rings (SSSR count). The number of piperidine rings is 1. The van der Waals surface area contributed by atoms with Gasteiger partial charge < -0.3 is 20.2 Å². The van der Waals surface area contributed by atoms with Crippen molar-refractivity contribution < 1.29 is 9.90 Å². The number of hydrogen-bond donors (Lipinski definition) is 2. The third-order valence-electron chi connectivity index (χ3n) is 5.18. The van der Waals surface area contributed by atoms with Crippen molar-refractivity contribution in [2.75, 3.05) is 29.9 Å². The molecule has 5 nitrogen and oxygen atoms in total. The zero-order valence-corrected chi connectivity index (χ0v) is 14.8. The topological polar surface area (TPSA) is 55.8 Å². The van der Waals surface area contributed by atoms with E-state index in [0.29, 0.717) is 18.6 Å². The molecular formula is C19H29N3O2. The second kappa shape index (κ2) is 7.43. The Morgan fingerprint density at radius 3 is 2.75 bits per heavy atom. The van der Waals surface area contributed by atoms with Crippen LogP contribution in [0.3, 0.4) is 0 Å². The third kappa shape index (κ3) is 3.83. The Labute approximate surface area is 144 Å². The molecule has 2 aliphatic rings. The van der Waals surface area contributed by atoms with Crippen LogP contribution in [0.5, 0.6) is 0 Å². The smallest absolute Gasteiger partial charge is 0.322 e. The normalized spacial score (nSPS) is 20.8. The van der Waals surface area contributed by atoms with Crippen molar-refractivity contribution in [1.82, 2.24) is 4.90 Å². The highest BCUT2D eigenvalue weighted by molar-refractivity contribution is 5.91. The summed E-state index contributed by atoms with van der Waals surface area (Å²) in [6, 6.07) is 7.06. The molecule has 1 unspecified atom stereocenters. The zero-order valence-electron chi connectivity index (χ0n) is 14.8. The van der Waals surface area contributed by atoms with Gasteiger partial charge in [-0.1, -0.05) is 0 Å². The minimum Gasteiger partial charge on any atom is -0.395 e. The van der Waals surface area contributed by atoms with Crippen molar-refractivity contribution in [1.29, 1.82) is 0 Å². The summed E-state index contributed by atoms with van der Waals surface area (Å²) in [4.78, 5) is 16.7. The maximum absolute atomic E-state index is 12.5. The predicted octanol–water partition coefficient (Wildman–Crippen LogP) is 3.36. The maximum atomic E-state index is 12.5. The molecule has 0 aromatic heterocycles. The number of nitrogens with one attached hydrogen (secondary N) is 1. The molecule has 1 aliphatic heterocycles. The summed E-state index contributed by atoms with van der Waals surface area (Å²) in [5.74, 6) is 0. The van der Waals surface area contributed by atoms with Gasteiger partial charge in [0.1, 0.15) is 0 Å². The summed E-state index contributed by atoms with van der Waals surface area (Å²) < 4.78 is 0. The van der Waals surface area contributed by atoms with Gasteiger partial charge in [-0.05, 0) is 69.7 Å². The van der Waals surface area contributed by atoms with Crippen molar-refractivity contribution in [3.63, 3.8) is 0 Å². The van der Waals surface area contributed by atoms with Crippen molar-refractivity contribution in [3.05, 3.63) is 23.8 Å². The lowest BCUT2D eigenvalue weighted by molar-refractivity contribution is 0.185. The minimum atomic E-state index is -0.103. The largest absolute Gasteiger partial charge is 0.395 e. The fourth-order valence-electron chi connectivity index (χ4n) is 3.58. The number of aliphatic hydroxyl groups excluding tert-OH is 1. The van der Waals surface area contributed by atoms with E-state index in [1.807, 2.05) is 13.0 Å². The van der Waals surface area contributed by atoms with Crippen LogP contribution in [0.2, 0.25) is 0 Å². The summed E-state index contributed by atoms with van der Waals surface area (Å²) >= 11 is 0. The van der Waals surface area contributed by atoms with Crippen LogP contribution in [-0.2, 0) is 0 Å². The highest BCUT2D eigenvalue weighted by atomic mass is 16.3. The highest BCUT2D eigenvalue weighted by Gasteiger charge is 2.32. The van der Waals surface area contributed by atoms with E-state index in [9.17, 15) is 4.79 Å². The molecular weight excluding hydrogens is 302 g/mol. The van der Waals surface area contributed by atoms with E-state index in [0.717, 1.165) is 30.6 Å². The maximum Gasteiger partial charge on any atom is 0.322 e. The number of anilines is 2. The van der Waals surface area contributed by atoms with Gasteiger partial charge in [0.2, 0.25) is 0 Å². The molecule has 2 N–H and O–H groups in total. The summed E-state index contributed by atoms with van der Waals surface area (Å²) in [7, 11) is 0. The third-order valence-corrected chi connectivity index (χ3v) is 5.18. The molecule has 1 atom stereocenters. The van der Waals surface area contributed by atoms with E-state index in [1.165, 1.54) is 24.9 Å². The molecule has 1 aromatic rings. The molecule has 1 aromatic carbocycles. The number of amides is 2. The van der Waals surface area contributed by atoms with Gasteiger partial charge >= 0.3 is 6.03 Å². The molecule has 0 spiro atoms. The van der Waals surface area contributed by atoms with E-state index in [4.69, 9.17) is 5.11 Å². The fourth-order valence-corrected chi connectivity index (χ4v) is 3.58. The van der Waals surface area contributed by atoms with Crippen LogP contribution in [-0.4, -0.2) is 47.8 Å². The first-order valence-corrected chi connectivity index (χ1v) is 9.16. The summed E-state index contributed by atoms with van der Waals surface area (Å²) in [6.45, 7) is 5.85. The van der Waals surface area contributed by atoms with Gasteiger partial charge in [0.05, 0.1) is 6.61 Å². The van der Waals surface area contributed by atoms with E-state index >= 15 is 0 Å². The van der Waals surface area contributed by atoms with Crippen LogP contribution in [0.4, 0.5) is 16.2 Å². The molecule has 1 aliphatic carbocycles. The highest BCUT2D eigenvalue weighted by Crippen LogP contribution is 2.30. The minimum absolute atomic E-state index is 0.00862. The molecule has 2 amide bonds. The number of benzene rings is 1. The molecule has 1 saturated heterocycles. The molecule has 5 heteroatoms. The summed E-state index contributed by atoms with van der Waals surface area (Å²) in [5, 5.41) is 12.2. The molecule has 1 heterocycles. The van der Waals surface area contributed by atoms with Crippen LogP contribution in [0, 0.1) is 6.92 Å². The van der Waals surface area contributed by atoms with Gasteiger partial charge in [0, 0.05) is 36.5 Å². The first-order chi connectivity index (χ1) is 11.6. The number of nitrogens with zero attached hydrogens (tertiary/aromatic N) is 2. The van der Waals surface area contributed by atoms with Crippen molar-refractivity contribution in [3.8, 4) is 0 Å². The molecule has 1 saturated carbocycles. The van der Waals surface area contributed by atoms with Gasteiger partial charge in [-0.25, -0.2) is 4.79 Å². The fraction of sp³-hybridized carbons (Fsp3) is 0.632. The van der Waals surface area contributed by atoms with Crippen LogP contribution < -0.4 is 10.2 Å². The molecule has 0 bridgehead atoms. The Morgan fingerprint density at radius 1 is 1.33 bits per heavy atom. The first kappa shape index (κ1) is 17.1. The lowest BCUT2D eigenvalue weighted by Crippen LogP contribution is -2.39. The molecule has 24 heavy (non-hydrogen) atoms. The van der Waals surface area contributed by atoms with Gasteiger partial charge in [-0.3, -0.25) is 0 Å². The first-order valence-electron chi connectivity index (χ1n) is 9.16. The van der Waals surface area contributed by atoms with Gasteiger partial charge in [-0.15, -0.1) is 0 Å². The van der Waals surface area contributed by atoms with Gasteiger partial charge in [0.25, 0.3) is 0 Å². The van der Waals surface area contributed by atoms with Crippen LogP contribution in [0.25, 0.3) is 0 Å². The lowest BCUT2D eigenvalue weighted by Gasteiger charge is -2.35. The Morgan fingerprint density at radius 2 is 2.12 bits per heavy atom. The SMILES string of the molecule is Cc1cc(N2CCCCC2C)ccc1NC(=O)N(CCO)C1CC1. The second-order valence-electron chi connectivity index (χ2n) is 7.12. The number of rotatable bonds is 5. The molecule has 0 radical (unpaired) electrons. The van der Waals surface area contributed by atoms with E-state index in [2.05, 4.69) is 29.3 Å². The number of hydrogen-bond acceptors (Lipinski definition) is 3. The number of urea groups is 1. The van der Waals surface area contributed by atoms with E-state index in [1.54, 1.807) is 4.90 Å². The van der Waals surface area contributed by atoms with Crippen molar-refractivity contribution in [2.24, 2.45) is 0 Å². The summed E-state index contributed by atoms with van der Waals surface area (Å²) in [5.41, 5.74) is 3.18. The number of aryl methyl sites for hydroxylation is 1. The monoisotopic (exact) mass is 331 g/mol.